The molecule has 0 atom stereocenters. The number of carboxylic acids is 1. The Bertz CT molecular complexity index is 6300. The van der Waals surface area contributed by atoms with E-state index in [9.17, 15) is 96.6 Å². The SMILES string of the molecule is CC(=O)O.CC(C)(O)c1ccc(-c2cn3c(F)c(F)cc3c(=O)[nH]2)cc1.CCOC(=O)c1cc(F)c(F)[nH]1.CCOC(=O)c1cc(F)c(F)n1CC(=O)c1ccc(Br)cc1.CCOC(=O)c1cc(F)c[nH]1.COC(=O)c1ccc(-c2cn3c(F)c(F)cc3c(=O)[nH]2)cc1.N.O=C(CBr)c1ccc(Br)cc1.O=c1[nH]c(-c2ccc(Br)cc2)cn2c(F)c(F)cc12.[CH3-].[Cl-].[Mg+2]. The molecular weight excluding hydrogens is 1990 g/mol. The van der Waals surface area contributed by atoms with Gasteiger partial charge in [0.15, 0.2) is 40.7 Å². The molecule has 43 heteroatoms. The van der Waals surface area contributed by atoms with E-state index in [1.807, 2.05) is 17.1 Å². The molecule has 0 fully saturated rings. The maximum absolute atomic E-state index is 13.8. The molecule has 26 nitrogen and oxygen atoms in total. The zero-order chi connectivity index (χ0) is 91.0. The minimum atomic E-state index is -1.27. The summed E-state index contributed by atoms with van der Waals surface area (Å²) in [6.07, 6.45) is 5.07. The molecule has 14 rings (SSSR count). The monoisotopic (exact) mass is 2060 g/mol. The number of aliphatic hydroxyl groups is 1. The van der Waals surface area contributed by atoms with Crippen LogP contribution in [-0.2, 0) is 35.9 Å². The van der Waals surface area contributed by atoms with Gasteiger partial charge < -0.3 is 84.6 Å². The number of halogens is 16. The number of rotatable bonds is 16. The summed E-state index contributed by atoms with van der Waals surface area (Å²) in [5.74, 6) is -15.5. The molecule has 0 aliphatic carbocycles. The Hall–Kier alpha value is -11.8. The van der Waals surface area contributed by atoms with Crippen LogP contribution in [0.15, 0.2) is 210 Å². The number of methoxy groups -OCH3 is 1. The van der Waals surface area contributed by atoms with Crippen molar-refractivity contribution in [1.82, 2.24) is 48.8 Å². The van der Waals surface area contributed by atoms with Crippen LogP contribution in [0, 0.1) is 72.1 Å². The number of H-pyrrole nitrogens is 5. The molecule has 14 aromatic rings. The summed E-state index contributed by atoms with van der Waals surface area (Å²) in [6, 6.07) is 39.0. The van der Waals surface area contributed by atoms with Crippen molar-refractivity contribution in [3.63, 3.8) is 0 Å². The molecule has 9 heterocycles. The van der Waals surface area contributed by atoms with Crippen molar-refractivity contribution in [3.05, 3.63) is 338 Å². The molecule has 9 aromatic heterocycles. The molecule has 0 spiro atoms. The van der Waals surface area contributed by atoms with E-state index >= 15 is 0 Å². The summed E-state index contributed by atoms with van der Waals surface area (Å²) in [5.41, 5.74) is 1.67. The summed E-state index contributed by atoms with van der Waals surface area (Å²) < 4.78 is 169. The maximum Gasteiger partial charge on any atom is 2.00 e. The topological polar surface area (TPSA) is 380 Å². The molecule has 0 bridgehead atoms. The smallest absolute Gasteiger partial charge is 1.00 e. The zero-order valence-corrected chi connectivity index (χ0v) is 76.2. The molecule has 0 amide bonds. The molecular formula is C84H74Br4ClF11MgN10O16. The molecule has 0 saturated carbocycles. The first-order chi connectivity index (χ1) is 58.1. The van der Waals surface area contributed by atoms with Gasteiger partial charge in [0, 0.05) is 92.7 Å². The van der Waals surface area contributed by atoms with Crippen LogP contribution >= 0.6 is 63.7 Å². The Labute approximate surface area is 769 Å². The first-order valence-corrected chi connectivity index (χ1v) is 39.0. The van der Waals surface area contributed by atoms with Crippen LogP contribution in [0.3, 0.4) is 0 Å². The number of nitrogens with zero attached hydrogens (tertiary/aromatic N) is 4. The van der Waals surface area contributed by atoms with Crippen molar-refractivity contribution >= 4 is 145 Å². The van der Waals surface area contributed by atoms with Crippen LogP contribution in [0.5, 0.6) is 0 Å². The third kappa shape index (κ3) is 30.2. The zero-order valence-electron chi connectivity index (χ0n) is 67.7. The van der Waals surface area contributed by atoms with E-state index in [0.29, 0.717) is 67.0 Å². The van der Waals surface area contributed by atoms with Crippen molar-refractivity contribution in [1.29, 1.82) is 0 Å². The summed E-state index contributed by atoms with van der Waals surface area (Å²) in [4.78, 5) is 125. The van der Waals surface area contributed by atoms with Gasteiger partial charge in [-0.3, -0.25) is 42.0 Å². The molecule has 10 N–H and O–H groups in total. The van der Waals surface area contributed by atoms with Gasteiger partial charge in [0.05, 0.1) is 67.1 Å². The van der Waals surface area contributed by atoms with Crippen molar-refractivity contribution in [2.24, 2.45) is 0 Å². The number of aromatic amines is 5. The number of esters is 4. The summed E-state index contributed by atoms with van der Waals surface area (Å²) in [7, 11) is 1.27. The Morgan fingerprint density at radius 1 is 0.457 bits per heavy atom. The summed E-state index contributed by atoms with van der Waals surface area (Å²) in [6.45, 7) is 9.30. The number of aromatic nitrogens is 9. The molecule has 0 saturated heterocycles. The van der Waals surface area contributed by atoms with Gasteiger partial charge in [-0.1, -0.05) is 137 Å². The number of carbonyl (C=O) groups is 7. The number of Topliss-reactive ketones (excluding diaryl/α,β-unsaturated/α-hetero) is 2. The van der Waals surface area contributed by atoms with E-state index in [0.717, 1.165) is 81.7 Å². The number of benzene rings is 5. The number of hydrogen-bond donors (Lipinski definition) is 8. The predicted molar refractivity (Wildman–Crippen MR) is 459 cm³/mol. The molecule has 670 valence electrons. The quantitative estimate of drug-likeness (QED) is 0.00847. The van der Waals surface area contributed by atoms with E-state index < -0.39 is 129 Å². The number of nitrogens with one attached hydrogen (secondary N) is 5. The first kappa shape index (κ1) is 109. The van der Waals surface area contributed by atoms with Gasteiger partial charge >= 0.3 is 46.9 Å². The Kier molecular flexibility index (Phi) is 43.5. The molecule has 0 aliphatic heterocycles. The van der Waals surface area contributed by atoms with E-state index in [-0.39, 0.29) is 102 Å². The van der Waals surface area contributed by atoms with Crippen molar-refractivity contribution in [2.75, 3.05) is 32.3 Å². The van der Waals surface area contributed by atoms with Crippen molar-refractivity contribution in [2.45, 2.75) is 53.7 Å². The van der Waals surface area contributed by atoms with Crippen LogP contribution in [0.1, 0.15) is 110 Å². The largest absolute Gasteiger partial charge is 2.00 e. The van der Waals surface area contributed by atoms with Crippen LogP contribution < -0.4 is 35.2 Å². The van der Waals surface area contributed by atoms with Gasteiger partial charge in [0.25, 0.3) is 22.6 Å². The minimum absolute atomic E-state index is 0. The standard InChI is InChI=1S/C16H14F2N2O2.C15H12BrF2NO3.C15H10F2N2O3.C13H7BrF2N2O.C8H6Br2O.C7H7F2NO2.C7H8FNO2.C2H4O2.CH3.ClH.Mg.H3N/c1-16(2,22)10-5-3-9(4-6-10)12-8-20-13(15(21)19-12)7-11(17)14(20)18;1-2-22-15(21)12-7-11(17)14(18)19(12)8-13(20)9-3-5-10(16)6-4-9;1-22-15(21)9-4-2-8(3-5-9)11-7-19-12(14(20)18-11)6-10(16)13(19)17;14-8-3-1-7(2-4-8)10-6-18-11(13(19)17-10)5-9(15)12(18)16;9-5-8(11)6-1-3-7(10)4-2-6;1-2-12-7(11)5-3-4(8)6(9)10-5;1-2-11-7(10)6-3-5(8)4-9-6;1-2(3)4;;;;/h3-8,22H,1-2H3,(H,19,21);3-7H,2,8H2,1H3;2-7H,1H3,(H,18,20);1-6H,(H,17,19);1-4H,5H2;3,10H,2H2,1H3;3-4,9H,2H2,1H3;1H3,(H,3,4);1H3;1H;;1H3/q;;;;;;;;-1;;+2;/p-1. The molecule has 0 radical (unpaired) electrons. The molecule has 127 heavy (non-hydrogen) atoms. The number of aliphatic carboxylic acids is 1. The third-order valence-corrected chi connectivity index (χ3v) is 18.4. The van der Waals surface area contributed by atoms with Crippen molar-refractivity contribution < 1.29 is 123 Å². The van der Waals surface area contributed by atoms with Crippen LogP contribution in [0.25, 0.3) is 50.3 Å². The second-order valence-electron chi connectivity index (χ2n) is 25.3. The van der Waals surface area contributed by atoms with E-state index in [2.05, 4.69) is 97.9 Å². The van der Waals surface area contributed by atoms with Crippen LogP contribution in [-0.4, -0.2) is 150 Å². The summed E-state index contributed by atoms with van der Waals surface area (Å²) in [5, 5.41) is 17.7. The second-order valence-corrected chi connectivity index (χ2v) is 28.6. The third-order valence-electron chi connectivity index (χ3n) is 16.3. The van der Waals surface area contributed by atoms with E-state index in [1.165, 1.54) is 37.8 Å². The van der Waals surface area contributed by atoms with Gasteiger partial charge in [-0.2, -0.15) is 22.0 Å². The molecule has 0 aliphatic rings. The molecule has 5 aromatic carbocycles. The predicted octanol–water partition coefficient (Wildman–Crippen LogP) is 15.2. The number of alkyl halides is 1. The summed E-state index contributed by atoms with van der Waals surface area (Å²) >= 11 is 12.9. The van der Waals surface area contributed by atoms with Gasteiger partial charge in [-0.25, -0.2) is 45.5 Å². The van der Waals surface area contributed by atoms with Gasteiger partial charge in [0.2, 0.25) is 29.7 Å². The van der Waals surface area contributed by atoms with E-state index in [4.69, 9.17) is 14.6 Å². The fourth-order valence-electron chi connectivity index (χ4n) is 10.4. The van der Waals surface area contributed by atoms with Gasteiger partial charge in [-0.05, 0) is 105 Å². The second kappa shape index (κ2) is 50.5. The van der Waals surface area contributed by atoms with Gasteiger partial charge in [0.1, 0.15) is 39.4 Å². The number of carbonyl (C=O) groups excluding carboxylic acids is 6. The Balaban J connectivity index is 0.000000383. The van der Waals surface area contributed by atoms with E-state index in [1.54, 1.807) is 132 Å². The normalized spacial score (nSPS) is 10.3. The average molecular weight is 2070 g/mol. The van der Waals surface area contributed by atoms with Crippen molar-refractivity contribution in [3.8, 4) is 33.8 Å². The average Bonchev–Trinajstić information content (AvgIpc) is 1.67. The van der Waals surface area contributed by atoms with Crippen LogP contribution in [0.2, 0.25) is 0 Å². The minimum Gasteiger partial charge on any atom is -1.00 e. The number of carboxylic acid groups (broad SMARTS) is 1. The number of hydrogen-bond acceptors (Lipinski definition) is 16. The Morgan fingerprint density at radius 2 is 0.795 bits per heavy atom. The fraction of sp³-hybridized carbons (Fsp3) is 0.155. The van der Waals surface area contributed by atoms with Gasteiger partial charge in [-0.15, -0.1) is 0 Å². The van der Waals surface area contributed by atoms with Crippen LogP contribution in [0.4, 0.5) is 48.3 Å². The first-order valence-electron chi connectivity index (χ1n) is 35.5. The number of ketones is 2. The fourth-order valence-corrected chi connectivity index (χ4v) is 11.5. The number of ether oxygens (including phenoxy) is 4. The maximum atomic E-state index is 13.8. The number of fused-ring (bicyclic) bond motifs is 3. The molecule has 0 unspecified atom stereocenters. The Morgan fingerprint density at radius 3 is 1.13 bits per heavy atom.